The van der Waals surface area contributed by atoms with Crippen LogP contribution in [0.1, 0.15) is 37.7 Å². The molecule has 18 heavy (non-hydrogen) atoms. The van der Waals surface area contributed by atoms with Gasteiger partial charge in [0, 0.05) is 0 Å². The van der Waals surface area contributed by atoms with Crippen LogP contribution in [0, 0.1) is 11.7 Å². The maximum Gasteiger partial charge on any atom is 0.126 e. The Morgan fingerprint density at radius 2 is 1.83 bits per heavy atom. The van der Waals surface area contributed by atoms with Gasteiger partial charge in [0.05, 0.1) is 12.2 Å². The number of rotatable bonds is 2. The van der Waals surface area contributed by atoms with E-state index >= 15 is 0 Å². The molecule has 0 heterocycles. The zero-order chi connectivity index (χ0) is 13.0. The van der Waals surface area contributed by atoms with Crippen LogP contribution in [0.25, 0.3) is 0 Å². The summed E-state index contributed by atoms with van der Waals surface area (Å²) in [5, 5.41) is 20.0. The lowest BCUT2D eigenvalue weighted by atomic mass is 9.83. The van der Waals surface area contributed by atoms with Crippen molar-refractivity contribution in [2.45, 2.75) is 50.7 Å². The molecule has 2 rings (SSSR count). The first-order valence-electron chi connectivity index (χ1n) is 6.76. The lowest BCUT2D eigenvalue weighted by Crippen LogP contribution is -2.29. The first-order chi connectivity index (χ1) is 8.66. The van der Waals surface area contributed by atoms with Crippen LogP contribution in [0.2, 0.25) is 0 Å². The first kappa shape index (κ1) is 13.5. The summed E-state index contributed by atoms with van der Waals surface area (Å²) >= 11 is 0. The molecular formula is C15H21FO2. The third-order valence-corrected chi connectivity index (χ3v) is 3.85. The van der Waals surface area contributed by atoms with E-state index in [4.69, 9.17) is 0 Å². The minimum Gasteiger partial charge on any atom is -0.393 e. The Morgan fingerprint density at radius 1 is 1.11 bits per heavy atom. The highest BCUT2D eigenvalue weighted by atomic mass is 19.1. The summed E-state index contributed by atoms with van der Waals surface area (Å²) in [7, 11) is 0. The van der Waals surface area contributed by atoms with Gasteiger partial charge in [-0.15, -0.1) is 0 Å². The molecule has 1 aliphatic rings. The van der Waals surface area contributed by atoms with Crippen LogP contribution >= 0.6 is 0 Å². The summed E-state index contributed by atoms with van der Waals surface area (Å²) < 4.78 is 13.6. The van der Waals surface area contributed by atoms with Gasteiger partial charge in [0.1, 0.15) is 5.82 Å². The van der Waals surface area contributed by atoms with Gasteiger partial charge in [-0.25, -0.2) is 4.39 Å². The zero-order valence-electron chi connectivity index (χ0n) is 10.6. The monoisotopic (exact) mass is 252 g/mol. The smallest absolute Gasteiger partial charge is 0.126 e. The summed E-state index contributed by atoms with van der Waals surface area (Å²) in [5.41, 5.74) is 0.634. The third-order valence-electron chi connectivity index (χ3n) is 3.85. The minimum absolute atomic E-state index is 0.0443. The standard InChI is InChI=1S/C15H21FO2/c16-14-7-3-1-5-11(14)9-12-10-13(17)6-2-4-8-15(12)18/h1,3,5,7,12-13,15,17-18H,2,4,6,8-10H2/t12-,13+,15?/m0/s1. The summed E-state index contributed by atoms with van der Waals surface area (Å²) in [6.45, 7) is 0. The fraction of sp³-hybridized carbons (Fsp3) is 0.600. The van der Waals surface area contributed by atoms with Crippen LogP contribution in [0.4, 0.5) is 4.39 Å². The predicted octanol–water partition coefficient (Wildman–Crippen LogP) is 2.67. The molecule has 1 aromatic rings. The molecule has 100 valence electrons. The molecule has 3 atom stereocenters. The number of hydrogen-bond acceptors (Lipinski definition) is 2. The lowest BCUT2D eigenvalue weighted by molar-refractivity contribution is 0.0379. The second-order valence-corrected chi connectivity index (χ2v) is 5.30. The fourth-order valence-corrected chi connectivity index (χ4v) is 2.76. The highest BCUT2D eigenvalue weighted by Crippen LogP contribution is 2.27. The van der Waals surface area contributed by atoms with E-state index in [1.807, 2.05) is 6.07 Å². The molecule has 0 amide bonds. The van der Waals surface area contributed by atoms with Crippen molar-refractivity contribution in [1.29, 1.82) is 0 Å². The maximum atomic E-state index is 13.6. The van der Waals surface area contributed by atoms with Crippen molar-refractivity contribution >= 4 is 0 Å². The zero-order valence-corrected chi connectivity index (χ0v) is 10.6. The van der Waals surface area contributed by atoms with E-state index in [0.29, 0.717) is 18.4 Å². The molecule has 2 nitrogen and oxygen atoms in total. The van der Waals surface area contributed by atoms with Gasteiger partial charge >= 0.3 is 0 Å². The Hall–Kier alpha value is -0.930. The summed E-state index contributed by atoms with van der Waals surface area (Å²) in [4.78, 5) is 0. The second-order valence-electron chi connectivity index (χ2n) is 5.30. The molecular weight excluding hydrogens is 231 g/mol. The topological polar surface area (TPSA) is 40.5 Å². The van der Waals surface area contributed by atoms with Crippen LogP contribution in [0.15, 0.2) is 24.3 Å². The summed E-state index contributed by atoms with van der Waals surface area (Å²) in [6, 6.07) is 6.68. The highest BCUT2D eigenvalue weighted by molar-refractivity contribution is 5.18. The molecule has 0 spiro atoms. The van der Waals surface area contributed by atoms with Gasteiger partial charge < -0.3 is 10.2 Å². The molecule has 0 saturated heterocycles. The summed E-state index contributed by atoms with van der Waals surface area (Å²) in [5.74, 6) is -0.265. The van der Waals surface area contributed by atoms with Crippen molar-refractivity contribution in [3.8, 4) is 0 Å². The Bertz CT molecular complexity index is 381. The number of aliphatic hydroxyl groups is 2. The van der Waals surface area contributed by atoms with Crippen LogP contribution in [0.5, 0.6) is 0 Å². The van der Waals surface area contributed by atoms with Crippen LogP contribution in [0.3, 0.4) is 0 Å². The Balaban J connectivity index is 2.07. The van der Waals surface area contributed by atoms with Crippen molar-refractivity contribution in [3.05, 3.63) is 35.6 Å². The average Bonchev–Trinajstić information content (AvgIpc) is 2.34. The van der Waals surface area contributed by atoms with E-state index in [-0.39, 0.29) is 17.8 Å². The molecule has 0 radical (unpaired) electrons. The molecule has 2 N–H and O–H groups in total. The van der Waals surface area contributed by atoms with E-state index in [9.17, 15) is 14.6 Å². The van der Waals surface area contributed by atoms with Crippen molar-refractivity contribution in [2.75, 3.05) is 0 Å². The Morgan fingerprint density at radius 3 is 2.61 bits per heavy atom. The average molecular weight is 252 g/mol. The first-order valence-corrected chi connectivity index (χ1v) is 6.76. The van der Waals surface area contributed by atoms with Gasteiger partial charge in [-0.3, -0.25) is 0 Å². The van der Waals surface area contributed by atoms with Gasteiger partial charge in [0.2, 0.25) is 0 Å². The quantitative estimate of drug-likeness (QED) is 0.849. The Kier molecular flexibility index (Phi) is 4.72. The Labute approximate surface area is 107 Å². The van der Waals surface area contributed by atoms with E-state index in [1.165, 1.54) is 6.07 Å². The van der Waals surface area contributed by atoms with Crippen LogP contribution < -0.4 is 0 Å². The molecule has 0 bridgehead atoms. The molecule has 1 aliphatic carbocycles. The largest absolute Gasteiger partial charge is 0.393 e. The van der Waals surface area contributed by atoms with Crippen molar-refractivity contribution < 1.29 is 14.6 Å². The van der Waals surface area contributed by atoms with Gasteiger partial charge in [0.15, 0.2) is 0 Å². The second kappa shape index (κ2) is 6.30. The molecule has 3 heteroatoms. The molecule has 1 unspecified atom stereocenters. The van der Waals surface area contributed by atoms with E-state index in [1.54, 1.807) is 12.1 Å². The highest BCUT2D eigenvalue weighted by Gasteiger charge is 2.25. The third kappa shape index (κ3) is 3.53. The predicted molar refractivity (Wildman–Crippen MR) is 68.7 cm³/mol. The maximum absolute atomic E-state index is 13.6. The van der Waals surface area contributed by atoms with E-state index in [0.717, 1.165) is 25.7 Å². The van der Waals surface area contributed by atoms with Crippen molar-refractivity contribution in [3.63, 3.8) is 0 Å². The number of aliphatic hydroxyl groups excluding tert-OH is 2. The molecule has 0 aliphatic heterocycles. The molecule has 1 fully saturated rings. The molecule has 0 aromatic heterocycles. The van der Waals surface area contributed by atoms with Crippen LogP contribution in [-0.4, -0.2) is 22.4 Å². The van der Waals surface area contributed by atoms with Crippen molar-refractivity contribution in [2.24, 2.45) is 5.92 Å². The van der Waals surface area contributed by atoms with E-state index in [2.05, 4.69) is 0 Å². The lowest BCUT2D eigenvalue weighted by Gasteiger charge is -2.28. The molecule has 1 saturated carbocycles. The van der Waals surface area contributed by atoms with Gasteiger partial charge in [-0.1, -0.05) is 31.0 Å². The number of hydrogen-bond donors (Lipinski definition) is 2. The number of halogens is 1. The van der Waals surface area contributed by atoms with E-state index < -0.39 is 6.10 Å². The SMILES string of the molecule is OC1CCCC[C@@H](O)C[C@@H]1Cc1ccccc1F. The number of benzene rings is 1. The normalized spacial score (nSPS) is 29.6. The van der Waals surface area contributed by atoms with Gasteiger partial charge in [-0.05, 0) is 43.2 Å². The minimum atomic E-state index is -0.431. The van der Waals surface area contributed by atoms with Crippen LogP contribution in [-0.2, 0) is 6.42 Å². The molecule has 1 aromatic carbocycles. The summed E-state index contributed by atoms with van der Waals surface area (Å²) in [6.07, 6.45) is 3.72. The van der Waals surface area contributed by atoms with Gasteiger partial charge in [0.25, 0.3) is 0 Å². The fourth-order valence-electron chi connectivity index (χ4n) is 2.76. The van der Waals surface area contributed by atoms with Gasteiger partial charge in [-0.2, -0.15) is 0 Å². The van der Waals surface area contributed by atoms with Crippen molar-refractivity contribution in [1.82, 2.24) is 0 Å².